The summed E-state index contributed by atoms with van der Waals surface area (Å²) in [4.78, 5) is 12.1. The molecule has 2 aromatic carbocycles. The van der Waals surface area contributed by atoms with E-state index in [1.807, 2.05) is 54.6 Å². The molecule has 2 rings (SSSR count). The van der Waals surface area contributed by atoms with Crippen LogP contribution in [0.3, 0.4) is 0 Å². The Hall–Kier alpha value is -2.02. The van der Waals surface area contributed by atoms with E-state index in [-0.39, 0.29) is 18.5 Å². The number of hydrogen-bond acceptors (Lipinski definition) is 6. The zero-order valence-corrected chi connectivity index (χ0v) is 15.1. The van der Waals surface area contributed by atoms with Crippen LogP contribution in [0.5, 0.6) is 5.75 Å². The number of carbonyl (C=O) groups is 1. The minimum Gasteiger partial charge on any atom is -0.497 e. The molecule has 0 bridgehead atoms. The molecule has 0 aliphatic rings. The Bertz CT molecular complexity index is 662. The minimum atomic E-state index is -0.789. The summed E-state index contributed by atoms with van der Waals surface area (Å²) < 4.78 is 15.1. The van der Waals surface area contributed by atoms with Crippen LogP contribution in [-0.4, -0.2) is 44.6 Å². The summed E-state index contributed by atoms with van der Waals surface area (Å²) in [5, 5.41) is 10.4. The topological polar surface area (TPSA) is 65.0 Å². The van der Waals surface area contributed by atoms with Crippen LogP contribution in [0, 0.1) is 0 Å². The van der Waals surface area contributed by atoms with Crippen LogP contribution in [0.25, 0.3) is 0 Å². The summed E-state index contributed by atoms with van der Waals surface area (Å²) in [6.07, 6.45) is -0.789. The lowest BCUT2D eigenvalue weighted by molar-refractivity contribution is -0.146. The van der Waals surface area contributed by atoms with E-state index in [9.17, 15) is 9.90 Å². The van der Waals surface area contributed by atoms with Crippen LogP contribution >= 0.6 is 11.8 Å². The maximum atomic E-state index is 11.1. The Morgan fingerprint density at radius 1 is 1.12 bits per heavy atom. The van der Waals surface area contributed by atoms with Gasteiger partial charge in [0.1, 0.15) is 12.4 Å². The van der Waals surface area contributed by atoms with Crippen molar-refractivity contribution in [3.05, 3.63) is 60.2 Å². The predicted molar refractivity (Wildman–Crippen MR) is 96.9 cm³/mol. The maximum absolute atomic E-state index is 11.1. The molecule has 6 heteroatoms. The first-order valence-electron chi connectivity index (χ1n) is 7.82. The summed E-state index contributed by atoms with van der Waals surface area (Å²) in [6.45, 7) is -0.148. The lowest BCUT2D eigenvalue weighted by Gasteiger charge is -2.23. The van der Waals surface area contributed by atoms with Gasteiger partial charge < -0.3 is 19.3 Å². The molecule has 25 heavy (non-hydrogen) atoms. The molecule has 2 aromatic rings. The number of thioether (sulfide) groups is 1. The van der Waals surface area contributed by atoms with Gasteiger partial charge in [-0.25, -0.2) is 4.79 Å². The van der Waals surface area contributed by atoms with Crippen LogP contribution in [0.15, 0.2) is 59.5 Å². The van der Waals surface area contributed by atoms with Gasteiger partial charge in [0.05, 0.1) is 32.2 Å². The highest BCUT2D eigenvalue weighted by Gasteiger charge is 2.23. The van der Waals surface area contributed by atoms with Crippen molar-refractivity contribution in [2.75, 3.05) is 27.4 Å². The number of methoxy groups -OCH3 is 2. The van der Waals surface area contributed by atoms with Crippen molar-refractivity contribution in [2.24, 2.45) is 0 Å². The lowest BCUT2D eigenvalue weighted by atomic mass is 10.1. The van der Waals surface area contributed by atoms with Crippen molar-refractivity contribution < 1.29 is 24.1 Å². The van der Waals surface area contributed by atoms with Crippen LogP contribution in [0.1, 0.15) is 10.8 Å². The quantitative estimate of drug-likeness (QED) is 0.546. The molecule has 0 amide bonds. The second-order valence-electron chi connectivity index (χ2n) is 5.29. The van der Waals surface area contributed by atoms with Crippen LogP contribution in [-0.2, 0) is 14.3 Å². The predicted octanol–water partition coefficient (Wildman–Crippen LogP) is 3.08. The van der Waals surface area contributed by atoms with Gasteiger partial charge in [0.2, 0.25) is 0 Å². The number of rotatable bonds is 9. The zero-order valence-electron chi connectivity index (χ0n) is 14.3. The standard InChI is InChI=1S/C19H22O5S/c1-22-15-9-6-10-16(11-15)25-19(14-7-4-3-5-8-14)17(20)12-24-13-18(21)23-2/h3-11,17,19-20H,12-13H2,1-2H3. The van der Waals surface area contributed by atoms with Gasteiger partial charge in [-0.15, -0.1) is 11.8 Å². The third kappa shape index (κ3) is 6.08. The summed E-state index contributed by atoms with van der Waals surface area (Å²) in [6, 6.07) is 17.4. The molecule has 0 spiro atoms. The molecule has 5 nitrogen and oxygen atoms in total. The maximum Gasteiger partial charge on any atom is 0.331 e. The number of aliphatic hydroxyl groups is 1. The number of esters is 1. The van der Waals surface area contributed by atoms with Crippen LogP contribution in [0.2, 0.25) is 0 Å². The highest BCUT2D eigenvalue weighted by Crippen LogP contribution is 2.39. The van der Waals surface area contributed by atoms with Gasteiger partial charge in [0, 0.05) is 4.90 Å². The molecule has 0 heterocycles. The van der Waals surface area contributed by atoms with Gasteiger partial charge in [-0.3, -0.25) is 0 Å². The molecule has 0 radical (unpaired) electrons. The molecular formula is C19H22O5S. The van der Waals surface area contributed by atoms with Gasteiger partial charge in [-0.2, -0.15) is 0 Å². The largest absolute Gasteiger partial charge is 0.497 e. The molecule has 2 unspecified atom stereocenters. The van der Waals surface area contributed by atoms with E-state index in [1.54, 1.807) is 7.11 Å². The lowest BCUT2D eigenvalue weighted by Crippen LogP contribution is -2.24. The fourth-order valence-electron chi connectivity index (χ4n) is 2.24. The SMILES string of the molecule is COC(=O)COCC(O)C(Sc1cccc(OC)c1)c1ccccc1. The Morgan fingerprint density at radius 2 is 1.88 bits per heavy atom. The molecule has 0 saturated heterocycles. The van der Waals surface area contributed by atoms with Crippen LogP contribution in [0.4, 0.5) is 0 Å². The molecule has 134 valence electrons. The third-order valence-electron chi connectivity index (χ3n) is 3.52. The fourth-order valence-corrected chi connectivity index (χ4v) is 3.41. The third-order valence-corrected chi connectivity index (χ3v) is 4.88. The molecule has 1 N–H and O–H groups in total. The van der Waals surface area contributed by atoms with E-state index >= 15 is 0 Å². The minimum absolute atomic E-state index is 0.0334. The van der Waals surface area contributed by atoms with Crippen molar-refractivity contribution >= 4 is 17.7 Å². The van der Waals surface area contributed by atoms with Crippen molar-refractivity contribution in [1.29, 1.82) is 0 Å². The van der Waals surface area contributed by atoms with E-state index in [4.69, 9.17) is 9.47 Å². The fraction of sp³-hybridized carbons (Fsp3) is 0.316. The van der Waals surface area contributed by atoms with Crippen molar-refractivity contribution in [3.8, 4) is 5.75 Å². The van der Waals surface area contributed by atoms with Gasteiger partial charge in [-0.1, -0.05) is 36.4 Å². The van der Waals surface area contributed by atoms with E-state index in [0.717, 1.165) is 16.2 Å². The van der Waals surface area contributed by atoms with E-state index in [2.05, 4.69) is 4.74 Å². The Morgan fingerprint density at radius 3 is 2.56 bits per heavy atom. The number of ether oxygens (including phenoxy) is 3. The number of hydrogen-bond donors (Lipinski definition) is 1. The second-order valence-corrected chi connectivity index (χ2v) is 6.50. The van der Waals surface area contributed by atoms with E-state index in [0.29, 0.717) is 0 Å². The number of aliphatic hydroxyl groups excluding tert-OH is 1. The molecule has 0 fully saturated rings. The molecular weight excluding hydrogens is 340 g/mol. The monoisotopic (exact) mass is 362 g/mol. The molecule has 0 aromatic heterocycles. The summed E-state index contributed by atoms with van der Waals surface area (Å²) in [5.41, 5.74) is 0.976. The van der Waals surface area contributed by atoms with Gasteiger partial charge >= 0.3 is 5.97 Å². The Balaban J connectivity index is 2.11. The van der Waals surface area contributed by atoms with Gasteiger partial charge in [0.15, 0.2) is 0 Å². The summed E-state index contributed by atoms with van der Waals surface area (Å²) in [7, 11) is 2.92. The smallest absolute Gasteiger partial charge is 0.331 e. The number of benzene rings is 2. The second kappa shape index (κ2) is 10.1. The van der Waals surface area contributed by atoms with Crippen molar-refractivity contribution in [3.63, 3.8) is 0 Å². The van der Waals surface area contributed by atoms with Crippen molar-refractivity contribution in [1.82, 2.24) is 0 Å². The van der Waals surface area contributed by atoms with Crippen LogP contribution < -0.4 is 4.74 Å². The zero-order chi connectivity index (χ0) is 18.1. The van der Waals surface area contributed by atoms with E-state index < -0.39 is 12.1 Å². The first kappa shape index (κ1) is 19.3. The molecule has 0 aliphatic heterocycles. The number of carbonyl (C=O) groups excluding carboxylic acids is 1. The Kier molecular flexibility index (Phi) is 7.78. The van der Waals surface area contributed by atoms with E-state index in [1.165, 1.54) is 18.9 Å². The molecule has 0 aliphatic carbocycles. The molecule has 2 atom stereocenters. The highest BCUT2D eigenvalue weighted by atomic mass is 32.2. The summed E-state index contributed by atoms with van der Waals surface area (Å²) in [5.74, 6) is 0.289. The Labute approximate surface area is 151 Å². The first-order valence-corrected chi connectivity index (χ1v) is 8.70. The summed E-state index contributed by atoms with van der Waals surface area (Å²) >= 11 is 1.52. The normalized spacial score (nSPS) is 13.1. The highest BCUT2D eigenvalue weighted by molar-refractivity contribution is 7.99. The molecule has 0 saturated carbocycles. The average molecular weight is 362 g/mol. The average Bonchev–Trinajstić information content (AvgIpc) is 2.66. The van der Waals surface area contributed by atoms with Gasteiger partial charge in [0.25, 0.3) is 0 Å². The first-order chi connectivity index (χ1) is 12.1. The van der Waals surface area contributed by atoms with Gasteiger partial charge in [-0.05, 0) is 23.8 Å². The van der Waals surface area contributed by atoms with Crippen molar-refractivity contribution in [2.45, 2.75) is 16.2 Å².